The SMILES string of the molecule is CCOC(=O)C(F)(F)CC(OCC)OCC. The van der Waals surface area contributed by atoms with Gasteiger partial charge in [-0.15, -0.1) is 0 Å². The fourth-order valence-electron chi connectivity index (χ4n) is 1.07. The number of rotatable bonds is 8. The Morgan fingerprint density at radius 1 is 1.12 bits per heavy atom. The van der Waals surface area contributed by atoms with E-state index in [9.17, 15) is 13.6 Å². The molecule has 0 radical (unpaired) electrons. The second-order valence-corrected chi connectivity index (χ2v) is 2.97. The molecule has 96 valence electrons. The number of ether oxygens (including phenoxy) is 3. The molecular formula is C10H18F2O4. The molecule has 0 unspecified atom stereocenters. The van der Waals surface area contributed by atoms with Crippen molar-refractivity contribution in [2.24, 2.45) is 0 Å². The molecule has 0 aromatic rings. The summed E-state index contributed by atoms with van der Waals surface area (Å²) in [5.41, 5.74) is 0. The van der Waals surface area contributed by atoms with Gasteiger partial charge in [-0.25, -0.2) is 4.79 Å². The van der Waals surface area contributed by atoms with Crippen molar-refractivity contribution >= 4 is 5.97 Å². The zero-order chi connectivity index (χ0) is 12.6. The fraction of sp³-hybridized carbons (Fsp3) is 0.900. The molecule has 0 saturated carbocycles. The maximum absolute atomic E-state index is 13.3. The average Bonchev–Trinajstić information content (AvgIpc) is 2.18. The van der Waals surface area contributed by atoms with Crippen LogP contribution in [0.5, 0.6) is 0 Å². The van der Waals surface area contributed by atoms with Gasteiger partial charge in [0.25, 0.3) is 0 Å². The summed E-state index contributed by atoms with van der Waals surface area (Å²) in [5.74, 6) is -5.12. The van der Waals surface area contributed by atoms with Crippen molar-refractivity contribution in [2.45, 2.75) is 39.4 Å². The summed E-state index contributed by atoms with van der Waals surface area (Å²) >= 11 is 0. The molecule has 0 N–H and O–H groups in total. The first kappa shape index (κ1) is 15.2. The van der Waals surface area contributed by atoms with Crippen molar-refractivity contribution in [2.75, 3.05) is 19.8 Å². The highest BCUT2D eigenvalue weighted by Gasteiger charge is 2.43. The number of carbonyl (C=O) groups excluding carboxylic acids is 1. The van der Waals surface area contributed by atoms with Crippen LogP contribution in [0.25, 0.3) is 0 Å². The molecule has 0 aromatic heterocycles. The summed E-state index contributed by atoms with van der Waals surface area (Å²) in [7, 11) is 0. The summed E-state index contributed by atoms with van der Waals surface area (Å²) in [4.78, 5) is 10.9. The Balaban J connectivity index is 4.32. The van der Waals surface area contributed by atoms with Crippen LogP contribution in [0.1, 0.15) is 27.2 Å². The molecule has 0 heterocycles. The minimum absolute atomic E-state index is 0.0810. The van der Waals surface area contributed by atoms with E-state index in [1.165, 1.54) is 6.92 Å². The van der Waals surface area contributed by atoms with Crippen molar-refractivity contribution in [3.8, 4) is 0 Å². The Bertz CT molecular complexity index is 203. The maximum atomic E-state index is 13.3. The number of hydrogen-bond donors (Lipinski definition) is 0. The van der Waals surface area contributed by atoms with Gasteiger partial charge in [-0.2, -0.15) is 8.78 Å². The zero-order valence-electron chi connectivity index (χ0n) is 9.79. The van der Waals surface area contributed by atoms with E-state index in [1.54, 1.807) is 13.8 Å². The summed E-state index contributed by atoms with van der Waals surface area (Å²) in [6, 6.07) is 0. The summed E-state index contributed by atoms with van der Waals surface area (Å²) in [6.07, 6.45) is -1.91. The molecule has 0 aromatic carbocycles. The van der Waals surface area contributed by atoms with E-state index in [0.717, 1.165) is 0 Å². The molecule has 0 saturated heterocycles. The van der Waals surface area contributed by atoms with Crippen molar-refractivity contribution in [1.82, 2.24) is 0 Å². The van der Waals surface area contributed by atoms with Gasteiger partial charge >= 0.3 is 11.9 Å². The van der Waals surface area contributed by atoms with Crippen LogP contribution < -0.4 is 0 Å². The lowest BCUT2D eigenvalue weighted by Gasteiger charge is -2.21. The van der Waals surface area contributed by atoms with Gasteiger partial charge < -0.3 is 14.2 Å². The lowest BCUT2D eigenvalue weighted by atomic mass is 10.2. The van der Waals surface area contributed by atoms with Crippen molar-refractivity contribution < 1.29 is 27.8 Å². The van der Waals surface area contributed by atoms with Crippen LogP contribution >= 0.6 is 0 Å². The zero-order valence-corrected chi connectivity index (χ0v) is 9.79. The Morgan fingerprint density at radius 2 is 1.62 bits per heavy atom. The number of hydrogen-bond acceptors (Lipinski definition) is 4. The molecule has 0 aliphatic rings. The first-order valence-corrected chi connectivity index (χ1v) is 5.26. The van der Waals surface area contributed by atoms with E-state index in [4.69, 9.17) is 9.47 Å². The van der Waals surface area contributed by atoms with Crippen LogP contribution in [-0.2, 0) is 19.0 Å². The maximum Gasteiger partial charge on any atom is 0.377 e. The molecule has 4 nitrogen and oxygen atoms in total. The Kier molecular flexibility index (Phi) is 7.16. The van der Waals surface area contributed by atoms with Gasteiger partial charge in [-0.05, 0) is 20.8 Å². The third kappa shape index (κ3) is 5.37. The van der Waals surface area contributed by atoms with Gasteiger partial charge in [-0.1, -0.05) is 0 Å². The molecule has 0 atom stereocenters. The van der Waals surface area contributed by atoms with Gasteiger partial charge in [0, 0.05) is 13.2 Å². The fourth-order valence-corrected chi connectivity index (χ4v) is 1.07. The molecule has 0 rings (SSSR count). The van der Waals surface area contributed by atoms with Crippen LogP contribution in [0, 0.1) is 0 Å². The summed E-state index contributed by atoms with van der Waals surface area (Å²) < 4.78 is 40.7. The molecule has 0 fully saturated rings. The summed E-state index contributed by atoms with van der Waals surface area (Å²) in [5, 5.41) is 0. The molecule has 0 spiro atoms. The van der Waals surface area contributed by atoms with Crippen molar-refractivity contribution in [1.29, 1.82) is 0 Å². The number of esters is 1. The first-order chi connectivity index (χ1) is 7.47. The van der Waals surface area contributed by atoms with Crippen LogP contribution in [0.15, 0.2) is 0 Å². The smallest absolute Gasteiger partial charge is 0.377 e. The van der Waals surface area contributed by atoms with E-state index in [2.05, 4.69) is 4.74 Å². The van der Waals surface area contributed by atoms with Crippen LogP contribution in [0.4, 0.5) is 8.78 Å². The molecule has 0 bridgehead atoms. The van der Waals surface area contributed by atoms with E-state index in [-0.39, 0.29) is 19.8 Å². The molecule has 0 aliphatic heterocycles. The van der Waals surface area contributed by atoms with E-state index < -0.39 is 24.6 Å². The number of alkyl halides is 2. The molecule has 0 amide bonds. The third-order valence-corrected chi connectivity index (χ3v) is 1.70. The quantitative estimate of drug-likeness (QED) is 0.480. The molecular weight excluding hydrogens is 222 g/mol. The second kappa shape index (κ2) is 7.51. The predicted octanol–water partition coefficient (Wildman–Crippen LogP) is 1.97. The highest BCUT2D eigenvalue weighted by Crippen LogP contribution is 2.24. The van der Waals surface area contributed by atoms with Crippen LogP contribution in [-0.4, -0.2) is 38.0 Å². The van der Waals surface area contributed by atoms with E-state index >= 15 is 0 Å². The van der Waals surface area contributed by atoms with Gasteiger partial charge in [-0.3, -0.25) is 0 Å². The lowest BCUT2D eigenvalue weighted by Crippen LogP contribution is -2.36. The highest BCUT2D eigenvalue weighted by atomic mass is 19.3. The molecule has 16 heavy (non-hydrogen) atoms. The minimum atomic E-state index is -3.58. The molecule has 6 heteroatoms. The first-order valence-electron chi connectivity index (χ1n) is 5.26. The van der Waals surface area contributed by atoms with Crippen molar-refractivity contribution in [3.63, 3.8) is 0 Å². The van der Waals surface area contributed by atoms with Crippen LogP contribution in [0.2, 0.25) is 0 Å². The van der Waals surface area contributed by atoms with E-state index in [1.807, 2.05) is 0 Å². The highest BCUT2D eigenvalue weighted by molar-refractivity contribution is 5.77. The van der Waals surface area contributed by atoms with Gasteiger partial charge in [0.1, 0.15) is 0 Å². The lowest BCUT2D eigenvalue weighted by molar-refractivity contribution is -0.200. The van der Waals surface area contributed by atoms with Gasteiger partial charge in [0.05, 0.1) is 13.0 Å². The van der Waals surface area contributed by atoms with Crippen molar-refractivity contribution in [3.05, 3.63) is 0 Å². The Hall–Kier alpha value is -0.750. The Labute approximate surface area is 93.9 Å². The third-order valence-electron chi connectivity index (χ3n) is 1.70. The summed E-state index contributed by atoms with van der Waals surface area (Å²) in [6.45, 7) is 5.19. The minimum Gasteiger partial charge on any atom is -0.462 e. The second-order valence-electron chi connectivity index (χ2n) is 2.97. The van der Waals surface area contributed by atoms with Gasteiger partial charge in [0.2, 0.25) is 0 Å². The number of carbonyl (C=O) groups is 1. The normalized spacial score (nSPS) is 11.9. The monoisotopic (exact) mass is 240 g/mol. The largest absolute Gasteiger partial charge is 0.462 e. The van der Waals surface area contributed by atoms with E-state index in [0.29, 0.717) is 0 Å². The Morgan fingerprint density at radius 3 is 2.00 bits per heavy atom. The topological polar surface area (TPSA) is 44.8 Å². The average molecular weight is 240 g/mol. The standard InChI is InChI=1S/C10H18F2O4/c1-4-14-8(15-5-2)7-10(11,12)9(13)16-6-3/h8H,4-7H2,1-3H3. The number of halogens is 2. The predicted molar refractivity (Wildman–Crippen MR) is 53.2 cm³/mol. The van der Waals surface area contributed by atoms with Gasteiger partial charge in [0.15, 0.2) is 6.29 Å². The molecule has 0 aliphatic carbocycles. The van der Waals surface area contributed by atoms with Crippen LogP contribution in [0.3, 0.4) is 0 Å².